The van der Waals surface area contributed by atoms with Crippen molar-refractivity contribution in [1.82, 2.24) is 10.6 Å². The number of carbonyl (C=O) groups excluding carboxylic acids is 4. The number of aliphatic carboxylic acids is 2. The second kappa shape index (κ2) is 11.7. The van der Waals surface area contributed by atoms with Crippen molar-refractivity contribution in [2.24, 2.45) is 5.73 Å². The minimum Gasteiger partial charge on any atom is -0.548 e. The number of carbonyl (C=O) groups is 4. The maximum Gasteiger partial charge on any atom is 2.00 e. The van der Waals surface area contributed by atoms with Crippen molar-refractivity contribution in [1.29, 1.82) is 0 Å². The van der Waals surface area contributed by atoms with Gasteiger partial charge in [0.25, 0.3) is 0 Å². The third-order valence-electron chi connectivity index (χ3n) is 2.23. The summed E-state index contributed by atoms with van der Waals surface area (Å²) in [6.45, 7) is -0.686. The zero-order valence-corrected chi connectivity index (χ0v) is 17.6. The smallest absolute Gasteiger partial charge is 0.548 e. The quantitative estimate of drug-likeness (QED) is 0.180. The van der Waals surface area contributed by atoms with Crippen molar-refractivity contribution in [2.75, 3.05) is 12.3 Å². The number of rotatable bonds is 9. The first-order valence-electron chi connectivity index (χ1n) is 5.62. The fraction of sp³-hybridized carbons (Fsp3) is 0.600. The van der Waals surface area contributed by atoms with Crippen molar-refractivity contribution in [3.8, 4) is 0 Å². The summed E-state index contributed by atoms with van der Waals surface area (Å²) in [5.74, 6) is -4.35. The zero-order chi connectivity index (χ0) is 15.7. The Balaban J connectivity index is 0. The third kappa shape index (κ3) is 10.5. The zero-order valence-electron chi connectivity index (χ0n) is 11.2. The summed E-state index contributed by atoms with van der Waals surface area (Å²) in [5, 5.41) is 24.8. The van der Waals surface area contributed by atoms with Gasteiger partial charge in [-0.1, -0.05) is 0 Å². The number of thiol groups is 1. The summed E-state index contributed by atoms with van der Waals surface area (Å²) < 4.78 is 0. The average molecular weight is 506 g/mol. The largest absolute Gasteiger partial charge is 2.00 e. The number of amides is 2. The van der Waals surface area contributed by atoms with Crippen LogP contribution in [0.4, 0.5) is 0 Å². The van der Waals surface area contributed by atoms with Crippen LogP contribution in [0.2, 0.25) is 0 Å². The first kappa shape index (κ1) is 22.4. The molecule has 0 bridgehead atoms. The summed E-state index contributed by atoms with van der Waals surface area (Å²) in [4.78, 5) is 43.4. The second-order valence-corrected chi connectivity index (χ2v) is 4.22. The van der Waals surface area contributed by atoms with Gasteiger partial charge in [-0.2, -0.15) is 12.6 Å². The molecule has 0 aromatic rings. The Labute approximate surface area is 146 Å². The molecule has 0 aromatic heterocycles. The van der Waals surface area contributed by atoms with E-state index < -0.39 is 42.4 Å². The molecule has 0 aliphatic heterocycles. The van der Waals surface area contributed by atoms with Crippen LogP contribution in [0, 0.1) is 0 Å². The van der Waals surface area contributed by atoms with E-state index >= 15 is 0 Å². The van der Waals surface area contributed by atoms with Crippen LogP contribution in [0.3, 0.4) is 0 Å². The van der Waals surface area contributed by atoms with Crippen LogP contribution >= 0.6 is 12.6 Å². The van der Waals surface area contributed by atoms with Gasteiger partial charge < -0.3 is 36.2 Å². The molecule has 0 spiro atoms. The summed E-state index contributed by atoms with van der Waals surface area (Å²) in [5.41, 5.74) is 5.16. The first-order chi connectivity index (χ1) is 9.27. The van der Waals surface area contributed by atoms with E-state index in [1.807, 2.05) is 5.32 Å². The number of carboxylic acid groups (broad SMARTS) is 2. The van der Waals surface area contributed by atoms with E-state index in [-0.39, 0.29) is 46.3 Å². The van der Waals surface area contributed by atoms with Gasteiger partial charge in [-0.3, -0.25) is 9.59 Å². The van der Waals surface area contributed by atoms with Gasteiger partial charge in [-0.05, 0) is 6.42 Å². The summed E-state index contributed by atoms with van der Waals surface area (Å²) >= 11 is 3.85. The monoisotopic (exact) mass is 507 g/mol. The van der Waals surface area contributed by atoms with Crippen molar-refractivity contribution in [3.63, 3.8) is 0 Å². The maximum atomic E-state index is 11.5. The molecule has 2 amide bonds. The molecule has 0 saturated carbocycles. The molecule has 0 fully saturated rings. The van der Waals surface area contributed by atoms with Gasteiger partial charge in [0.2, 0.25) is 11.8 Å². The van der Waals surface area contributed by atoms with E-state index in [9.17, 15) is 29.4 Å². The summed E-state index contributed by atoms with van der Waals surface area (Å²) in [7, 11) is 0. The van der Waals surface area contributed by atoms with Crippen LogP contribution in [0.25, 0.3) is 0 Å². The fourth-order valence-corrected chi connectivity index (χ4v) is 1.40. The number of nitrogens with one attached hydrogen (secondary N) is 2. The van der Waals surface area contributed by atoms with Gasteiger partial charge in [-0.25, -0.2) is 0 Å². The Morgan fingerprint density at radius 2 is 1.76 bits per heavy atom. The van der Waals surface area contributed by atoms with Crippen LogP contribution in [0.1, 0.15) is 12.8 Å². The minimum absolute atomic E-state index is 0. The number of nitrogens with two attached hydrogens (primary N) is 1. The van der Waals surface area contributed by atoms with Gasteiger partial charge in [0, 0.05) is 18.2 Å². The SMILES string of the molecule is NC(CCC(=O)NC(CS)C(=O)NCC(=O)[O-])C(=O)[O-].[Hg+2]. The van der Waals surface area contributed by atoms with Crippen LogP contribution in [0.15, 0.2) is 0 Å². The van der Waals surface area contributed by atoms with Gasteiger partial charge in [0.1, 0.15) is 6.04 Å². The van der Waals surface area contributed by atoms with Crippen LogP contribution in [0.5, 0.6) is 0 Å². The molecule has 0 aliphatic carbocycles. The normalized spacial score (nSPS) is 12.5. The maximum absolute atomic E-state index is 11.5. The number of carboxylic acids is 2. The number of hydrogen-bond acceptors (Lipinski definition) is 8. The Morgan fingerprint density at radius 1 is 1.19 bits per heavy atom. The van der Waals surface area contributed by atoms with E-state index in [0.29, 0.717) is 0 Å². The molecule has 114 valence electrons. The molecule has 9 nitrogen and oxygen atoms in total. The predicted molar refractivity (Wildman–Crippen MR) is 66.0 cm³/mol. The molecule has 0 radical (unpaired) electrons. The van der Waals surface area contributed by atoms with Crippen molar-refractivity contribution in [3.05, 3.63) is 0 Å². The molecule has 2 atom stereocenters. The van der Waals surface area contributed by atoms with Gasteiger partial charge >= 0.3 is 27.7 Å². The molecular formula is C10H15HgN3O6S. The van der Waals surface area contributed by atoms with Crippen LogP contribution in [-0.4, -0.2) is 48.1 Å². The van der Waals surface area contributed by atoms with Gasteiger partial charge in [-0.15, -0.1) is 0 Å². The Morgan fingerprint density at radius 3 is 2.19 bits per heavy atom. The molecular weight excluding hydrogens is 491 g/mol. The van der Waals surface area contributed by atoms with E-state index in [4.69, 9.17) is 5.73 Å². The Hall–Kier alpha value is -0.875. The van der Waals surface area contributed by atoms with Crippen LogP contribution < -0.4 is 26.6 Å². The molecule has 2 unspecified atom stereocenters. The summed E-state index contributed by atoms with van der Waals surface area (Å²) in [6.07, 6.45) is -0.360. The molecule has 0 rings (SSSR count). The van der Waals surface area contributed by atoms with Gasteiger partial charge in [0.05, 0.1) is 18.5 Å². The fourth-order valence-electron chi connectivity index (χ4n) is 1.15. The minimum atomic E-state index is -1.48. The Kier molecular flexibility index (Phi) is 12.5. The summed E-state index contributed by atoms with van der Waals surface area (Å²) in [6, 6.07) is -2.31. The topological polar surface area (TPSA) is 164 Å². The van der Waals surface area contributed by atoms with Crippen molar-refractivity contribution < 1.29 is 57.1 Å². The first-order valence-corrected chi connectivity index (χ1v) is 6.25. The standard InChI is InChI=1S/C10H17N3O6S.Hg/c11-5(10(18)19)1-2-7(14)13-6(4-20)9(17)12-3-8(15)16;/h5-6,20H,1-4,11H2,(H,12,17)(H,13,14)(H,15,16)(H,18,19);/q;+2/p-2. The van der Waals surface area contributed by atoms with E-state index in [0.717, 1.165) is 0 Å². The second-order valence-electron chi connectivity index (χ2n) is 3.86. The molecule has 0 aliphatic rings. The Bertz CT molecular complexity index is 395. The molecule has 0 saturated heterocycles. The van der Waals surface area contributed by atoms with E-state index in [2.05, 4.69) is 17.9 Å². The molecule has 21 heavy (non-hydrogen) atoms. The van der Waals surface area contributed by atoms with E-state index in [1.54, 1.807) is 0 Å². The van der Waals surface area contributed by atoms with Crippen molar-refractivity contribution in [2.45, 2.75) is 24.9 Å². The molecule has 4 N–H and O–H groups in total. The third-order valence-corrected chi connectivity index (χ3v) is 2.59. The van der Waals surface area contributed by atoms with E-state index in [1.165, 1.54) is 0 Å². The van der Waals surface area contributed by atoms with Crippen molar-refractivity contribution >= 4 is 36.4 Å². The van der Waals surface area contributed by atoms with Gasteiger partial charge in [0.15, 0.2) is 0 Å². The molecule has 11 heteroatoms. The predicted octanol–water partition coefficient (Wildman–Crippen LogP) is -4.88. The molecule has 0 heterocycles. The average Bonchev–Trinajstić information content (AvgIpc) is 2.38. The number of hydrogen-bond donors (Lipinski definition) is 4. The van der Waals surface area contributed by atoms with Crippen LogP contribution in [-0.2, 0) is 46.8 Å². The molecule has 0 aromatic carbocycles.